The van der Waals surface area contributed by atoms with Crippen LogP contribution in [0.15, 0.2) is 29.2 Å². The van der Waals surface area contributed by atoms with Crippen LogP contribution in [0.1, 0.15) is 31.7 Å². The first-order valence-corrected chi connectivity index (χ1v) is 7.54. The highest BCUT2D eigenvalue weighted by Crippen LogP contribution is 2.14. The van der Waals surface area contributed by atoms with Gasteiger partial charge in [0.2, 0.25) is 0 Å². The zero-order valence-corrected chi connectivity index (χ0v) is 11.2. The first-order valence-electron chi connectivity index (χ1n) is 5.89. The Balaban J connectivity index is 2.54. The Hall–Kier alpha value is -0.870. The van der Waals surface area contributed by atoms with E-state index >= 15 is 0 Å². The minimum Gasteiger partial charge on any atom is -0.393 e. The smallest absolute Gasteiger partial charge is 0.178 e. The molecule has 0 aromatic heterocycles. The van der Waals surface area contributed by atoms with Crippen LogP contribution in [0.2, 0.25) is 0 Å². The van der Waals surface area contributed by atoms with Crippen LogP contribution in [0, 0.1) is 6.92 Å². The third kappa shape index (κ3) is 4.88. The van der Waals surface area contributed by atoms with E-state index in [2.05, 4.69) is 0 Å². The van der Waals surface area contributed by atoms with Gasteiger partial charge in [0.1, 0.15) is 0 Å². The number of aryl methyl sites for hydroxylation is 1. The number of benzene rings is 1. The Morgan fingerprint density at radius 2 is 1.76 bits per heavy atom. The second-order valence-electron chi connectivity index (χ2n) is 4.48. The molecule has 0 fully saturated rings. The molecular weight excluding hydrogens is 236 g/mol. The van der Waals surface area contributed by atoms with Gasteiger partial charge in [-0.15, -0.1) is 0 Å². The van der Waals surface area contributed by atoms with Crippen molar-refractivity contribution in [2.75, 3.05) is 5.75 Å². The van der Waals surface area contributed by atoms with Crippen molar-refractivity contribution in [1.29, 1.82) is 0 Å². The lowest BCUT2D eigenvalue weighted by atomic mass is 10.2. The SMILES string of the molecule is Cc1ccc(S(=O)(=O)CCCCC(C)O)cc1. The van der Waals surface area contributed by atoms with Gasteiger partial charge >= 0.3 is 0 Å². The zero-order chi connectivity index (χ0) is 12.9. The summed E-state index contributed by atoms with van der Waals surface area (Å²) in [4.78, 5) is 0.389. The molecule has 1 N–H and O–H groups in total. The van der Waals surface area contributed by atoms with Gasteiger partial charge in [0.05, 0.1) is 16.8 Å². The van der Waals surface area contributed by atoms with E-state index in [1.807, 2.05) is 19.1 Å². The predicted octanol–water partition coefficient (Wildman–Crippen LogP) is 2.32. The summed E-state index contributed by atoms with van der Waals surface area (Å²) in [7, 11) is -3.16. The number of hydrogen-bond acceptors (Lipinski definition) is 3. The fourth-order valence-electron chi connectivity index (χ4n) is 1.60. The van der Waals surface area contributed by atoms with Gasteiger partial charge in [0, 0.05) is 0 Å². The fraction of sp³-hybridized carbons (Fsp3) is 0.538. The van der Waals surface area contributed by atoms with E-state index in [0.29, 0.717) is 17.7 Å². The van der Waals surface area contributed by atoms with Crippen LogP contribution in [0.4, 0.5) is 0 Å². The summed E-state index contributed by atoms with van der Waals surface area (Å²) in [6.07, 6.45) is 1.64. The molecule has 4 heteroatoms. The normalized spacial score (nSPS) is 13.6. The Morgan fingerprint density at radius 1 is 1.18 bits per heavy atom. The van der Waals surface area contributed by atoms with Crippen LogP contribution in [0.3, 0.4) is 0 Å². The molecule has 0 bridgehead atoms. The molecule has 0 saturated heterocycles. The average Bonchev–Trinajstić information content (AvgIpc) is 2.25. The van der Waals surface area contributed by atoms with Crippen molar-refractivity contribution in [3.8, 4) is 0 Å². The third-order valence-electron chi connectivity index (χ3n) is 2.67. The lowest BCUT2D eigenvalue weighted by molar-refractivity contribution is 0.181. The molecule has 0 saturated carbocycles. The average molecular weight is 256 g/mol. The summed E-state index contributed by atoms with van der Waals surface area (Å²) in [6.45, 7) is 3.65. The molecule has 0 aliphatic carbocycles. The van der Waals surface area contributed by atoms with Gasteiger partial charge < -0.3 is 5.11 Å². The van der Waals surface area contributed by atoms with Crippen molar-refractivity contribution in [3.63, 3.8) is 0 Å². The van der Waals surface area contributed by atoms with Crippen molar-refractivity contribution >= 4 is 9.84 Å². The van der Waals surface area contributed by atoms with E-state index in [-0.39, 0.29) is 11.9 Å². The number of aliphatic hydroxyl groups excluding tert-OH is 1. The summed E-state index contributed by atoms with van der Waals surface area (Å²) in [5.74, 6) is 0.156. The summed E-state index contributed by atoms with van der Waals surface area (Å²) in [5.41, 5.74) is 1.05. The fourth-order valence-corrected chi connectivity index (χ4v) is 2.97. The number of hydrogen-bond donors (Lipinski definition) is 1. The lowest BCUT2D eigenvalue weighted by Gasteiger charge is -2.06. The van der Waals surface area contributed by atoms with Crippen LogP contribution in [-0.2, 0) is 9.84 Å². The molecule has 3 nitrogen and oxygen atoms in total. The van der Waals surface area contributed by atoms with Crippen molar-refractivity contribution in [3.05, 3.63) is 29.8 Å². The molecule has 17 heavy (non-hydrogen) atoms. The molecule has 96 valence electrons. The molecule has 1 aromatic rings. The van der Waals surface area contributed by atoms with Crippen molar-refractivity contribution in [2.45, 2.75) is 44.1 Å². The number of unbranched alkanes of at least 4 members (excludes halogenated alkanes) is 1. The summed E-state index contributed by atoms with van der Waals surface area (Å²) in [6, 6.07) is 6.92. The maximum absolute atomic E-state index is 11.9. The minimum absolute atomic E-state index is 0.156. The van der Waals surface area contributed by atoms with Crippen molar-refractivity contribution in [1.82, 2.24) is 0 Å². The van der Waals surface area contributed by atoms with Crippen LogP contribution in [0.25, 0.3) is 0 Å². The second-order valence-corrected chi connectivity index (χ2v) is 6.59. The highest BCUT2D eigenvalue weighted by molar-refractivity contribution is 7.91. The van der Waals surface area contributed by atoms with Crippen molar-refractivity contribution < 1.29 is 13.5 Å². The van der Waals surface area contributed by atoms with Crippen LogP contribution >= 0.6 is 0 Å². The van der Waals surface area contributed by atoms with E-state index in [0.717, 1.165) is 12.0 Å². The van der Waals surface area contributed by atoms with Crippen molar-refractivity contribution in [2.24, 2.45) is 0 Å². The van der Waals surface area contributed by atoms with Gasteiger partial charge in [0.25, 0.3) is 0 Å². The van der Waals surface area contributed by atoms with Crippen LogP contribution in [0.5, 0.6) is 0 Å². The van der Waals surface area contributed by atoms with E-state index in [9.17, 15) is 8.42 Å². The molecule has 0 heterocycles. The molecule has 0 amide bonds. The monoisotopic (exact) mass is 256 g/mol. The van der Waals surface area contributed by atoms with E-state index in [1.165, 1.54) is 0 Å². The highest BCUT2D eigenvalue weighted by atomic mass is 32.2. The maximum Gasteiger partial charge on any atom is 0.178 e. The van der Waals surface area contributed by atoms with Gasteiger partial charge in [-0.25, -0.2) is 8.42 Å². The molecule has 1 atom stereocenters. The molecule has 1 aromatic carbocycles. The topological polar surface area (TPSA) is 54.4 Å². The summed E-state index contributed by atoms with van der Waals surface area (Å²) in [5, 5.41) is 9.08. The molecule has 1 unspecified atom stereocenters. The van der Waals surface area contributed by atoms with Crippen LogP contribution in [-0.4, -0.2) is 25.4 Å². The first-order chi connectivity index (χ1) is 7.92. The quantitative estimate of drug-likeness (QED) is 0.795. The Labute approximate surface area is 103 Å². The first kappa shape index (κ1) is 14.2. The molecule has 0 aliphatic rings. The molecule has 0 aliphatic heterocycles. The molecule has 0 radical (unpaired) electrons. The predicted molar refractivity (Wildman–Crippen MR) is 68.8 cm³/mol. The lowest BCUT2D eigenvalue weighted by Crippen LogP contribution is -2.08. The zero-order valence-electron chi connectivity index (χ0n) is 10.4. The molecule has 0 spiro atoms. The van der Waals surface area contributed by atoms with Gasteiger partial charge in [0.15, 0.2) is 9.84 Å². The highest BCUT2D eigenvalue weighted by Gasteiger charge is 2.13. The van der Waals surface area contributed by atoms with E-state index in [1.54, 1.807) is 19.1 Å². The Bertz CT molecular complexity index is 432. The Kier molecular flexibility index (Phi) is 5.15. The largest absolute Gasteiger partial charge is 0.393 e. The number of aliphatic hydroxyl groups is 1. The van der Waals surface area contributed by atoms with Gasteiger partial charge in [-0.3, -0.25) is 0 Å². The van der Waals surface area contributed by atoms with Gasteiger partial charge in [-0.1, -0.05) is 17.7 Å². The van der Waals surface area contributed by atoms with E-state index < -0.39 is 9.84 Å². The summed E-state index contributed by atoms with van der Waals surface area (Å²) < 4.78 is 23.9. The number of sulfone groups is 1. The standard InChI is InChI=1S/C13H20O3S/c1-11-6-8-13(9-7-11)17(15,16)10-4-3-5-12(2)14/h6-9,12,14H,3-5,10H2,1-2H3. The maximum atomic E-state index is 11.9. The van der Waals surface area contributed by atoms with Gasteiger partial charge in [-0.2, -0.15) is 0 Å². The third-order valence-corrected chi connectivity index (χ3v) is 4.48. The second kappa shape index (κ2) is 6.17. The molecule has 1 rings (SSSR count). The van der Waals surface area contributed by atoms with Crippen LogP contribution < -0.4 is 0 Å². The Morgan fingerprint density at radius 3 is 2.29 bits per heavy atom. The summed E-state index contributed by atoms with van der Waals surface area (Å²) >= 11 is 0. The number of rotatable bonds is 6. The minimum atomic E-state index is -3.16. The van der Waals surface area contributed by atoms with E-state index in [4.69, 9.17) is 5.11 Å². The molecular formula is C13H20O3S. The van der Waals surface area contributed by atoms with Gasteiger partial charge in [-0.05, 0) is 45.2 Å².